The SMILES string of the molecule is COc1ccc(C(c2ccc(Cl)cc2)N2CCNCC2)cc1F. The lowest BCUT2D eigenvalue weighted by Gasteiger charge is -2.35. The molecular formula is C18H20ClFN2O. The molecule has 2 aromatic rings. The minimum Gasteiger partial charge on any atom is -0.494 e. The Morgan fingerprint density at radius 3 is 2.35 bits per heavy atom. The van der Waals surface area contributed by atoms with Gasteiger partial charge in [-0.3, -0.25) is 4.90 Å². The quantitative estimate of drug-likeness (QED) is 0.926. The van der Waals surface area contributed by atoms with Crippen LogP contribution in [0, 0.1) is 5.82 Å². The van der Waals surface area contributed by atoms with Crippen molar-refractivity contribution in [3.8, 4) is 5.75 Å². The summed E-state index contributed by atoms with van der Waals surface area (Å²) in [4.78, 5) is 2.36. The molecule has 0 spiro atoms. The molecule has 1 heterocycles. The highest BCUT2D eigenvalue weighted by molar-refractivity contribution is 6.30. The van der Waals surface area contributed by atoms with Gasteiger partial charge in [-0.1, -0.05) is 29.8 Å². The summed E-state index contributed by atoms with van der Waals surface area (Å²) in [7, 11) is 1.48. The lowest BCUT2D eigenvalue weighted by molar-refractivity contribution is 0.198. The summed E-state index contributed by atoms with van der Waals surface area (Å²) in [5, 5.41) is 4.06. The van der Waals surface area contributed by atoms with E-state index in [0.29, 0.717) is 5.02 Å². The van der Waals surface area contributed by atoms with E-state index < -0.39 is 0 Å². The summed E-state index contributed by atoms with van der Waals surface area (Å²) < 4.78 is 19.2. The monoisotopic (exact) mass is 334 g/mol. The van der Waals surface area contributed by atoms with Crippen LogP contribution in [0.4, 0.5) is 4.39 Å². The van der Waals surface area contributed by atoms with Gasteiger partial charge in [0.2, 0.25) is 0 Å². The zero-order valence-electron chi connectivity index (χ0n) is 13.1. The molecule has 1 N–H and O–H groups in total. The number of nitrogens with one attached hydrogen (secondary N) is 1. The van der Waals surface area contributed by atoms with E-state index in [1.807, 2.05) is 30.3 Å². The van der Waals surface area contributed by atoms with Gasteiger partial charge in [-0.25, -0.2) is 4.39 Å². The standard InChI is InChI=1S/C18H20ClFN2O/c1-23-17-7-4-14(12-16(17)20)18(22-10-8-21-9-11-22)13-2-5-15(19)6-3-13/h2-7,12,18,21H,8-11H2,1H3. The summed E-state index contributed by atoms with van der Waals surface area (Å²) in [6.45, 7) is 3.70. The van der Waals surface area contributed by atoms with Crippen molar-refractivity contribution in [2.24, 2.45) is 0 Å². The maximum Gasteiger partial charge on any atom is 0.165 e. The molecule has 0 amide bonds. The van der Waals surface area contributed by atoms with Crippen LogP contribution in [0.1, 0.15) is 17.2 Å². The molecule has 23 heavy (non-hydrogen) atoms. The number of hydrogen-bond acceptors (Lipinski definition) is 3. The fourth-order valence-corrected chi connectivity index (χ4v) is 3.18. The van der Waals surface area contributed by atoms with Crippen molar-refractivity contribution in [1.82, 2.24) is 10.2 Å². The molecule has 1 unspecified atom stereocenters. The van der Waals surface area contributed by atoms with Crippen LogP contribution in [0.2, 0.25) is 5.02 Å². The van der Waals surface area contributed by atoms with E-state index in [1.54, 1.807) is 12.1 Å². The van der Waals surface area contributed by atoms with E-state index in [1.165, 1.54) is 7.11 Å². The van der Waals surface area contributed by atoms with Crippen LogP contribution in [-0.4, -0.2) is 38.2 Å². The average molecular weight is 335 g/mol. The molecule has 1 atom stereocenters. The van der Waals surface area contributed by atoms with Crippen molar-refractivity contribution < 1.29 is 9.13 Å². The number of piperazine rings is 1. The maximum atomic E-state index is 14.2. The van der Waals surface area contributed by atoms with Gasteiger partial charge < -0.3 is 10.1 Å². The molecule has 0 saturated carbocycles. The van der Waals surface area contributed by atoms with Gasteiger partial charge in [-0.15, -0.1) is 0 Å². The smallest absolute Gasteiger partial charge is 0.165 e. The summed E-state index contributed by atoms with van der Waals surface area (Å²) in [5.74, 6) is -0.0667. The number of rotatable bonds is 4. The summed E-state index contributed by atoms with van der Waals surface area (Å²) in [5.41, 5.74) is 2.04. The highest BCUT2D eigenvalue weighted by Crippen LogP contribution is 2.32. The topological polar surface area (TPSA) is 24.5 Å². The van der Waals surface area contributed by atoms with Crippen molar-refractivity contribution in [1.29, 1.82) is 0 Å². The number of hydrogen-bond donors (Lipinski definition) is 1. The molecule has 0 aliphatic carbocycles. The predicted octanol–water partition coefficient (Wildman–Crippen LogP) is 3.48. The van der Waals surface area contributed by atoms with E-state index in [2.05, 4.69) is 10.2 Å². The van der Waals surface area contributed by atoms with Crippen LogP contribution >= 0.6 is 11.6 Å². The fraction of sp³-hybridized carbons (Fsp3) is 0.333. The van der Waals surface area contributed by atoms with Gasteiger partial charge in [-0.2, -0.15) is 0 Å². The molecule has 0 aromatic heterocycles. The van der Waals surface area contributed by atoms with E-state index in [-0.39, 0.29) is 17.6 Å². The van der Waals surface area contributed by atoms with Crippen molar-refractivity contribution in [2.75, 3.05) is 33.3 Å². The zero-order valence-corrected chi connectivity index (χ0v) is 13.8. The molecule has 2 aromatic carbocycles. The molecule has 1 fully saturated rings. The predicted molar refractivity (Wildman–Crippen MR) is 90.7 cm³/mol. The van der Waals surface area contributed by atoms with E-state index in [4.69, 9.17) is 16.3 Å². The van der Waals surface area contributed by atoms with Crippen molar-refractivity contribution in [2.45, 2.75) is 6.04 Å². The number of nitrogens with zero attached hydrogens (tertiary/aromatic N) is 1. The van der Waals surface area contributed by atoms with Crippen LogP contribution in [0.15, 0.2) is 42.5 Å². The van der Waals surface area contributed by atoms with Gasteiger partial charge in [0, 0.05) is 31.2 Å². The average Bonchev–Trinajstić information content (AvgIpc) is 2.58. The first-order valence-corrected chi connectivity index (χ1v) is 8.10. The molecule has 0 bridgehead atoms. The fourth-order valence-electron chi connectivity index (χ4n) is 3.05. The Hall–Kier alpha value is -1.62. The lowest BCUT2D eigenvalue weighted by Crippen LogP contribution is -2.45. The molecule has 1 saturated heterocycles. The van der Waals surface area contributed by atoms with Crippen molar-refractivity contribution >= 4 is 11.6 Å². The van der Waals surface area contributed by atoms with Crippen molar-refractivity contribution in [3.63, 3.8) is 0 Å². The molecule has 5 heteroatoms. The Kier molecular flexibility index (Phi) is 5.16. The number of ether oxygens (including phenoxy) is 1. The van der Waals surface area contributed by atoms with Crippen LogP contribution < -0.4 is 10.1 Å². The Labute approximate surface area is 141 Å². The first-order valence-electron chi connectivity index (χ1n) is 7.72. The van der Waals surface area contributed by atoms with Crippen LogP contribution in [0.3, 0.4) is 0 Å². The molecule has 122 valence electrons. The largest absolute Gasteiger partial charge is 0.494 e. The normalized spacial score (nSPS) is 17.0. The van der Waals surface area contributed by atoms with E-state index >= 15 is 0 Å². The molecule has 1 aliphatic heterocycles. The second-order valence-electron chi connectivity index (χ2n) is 5.63. The third kappa shape index (κ3) is 3.66. The molecule has 3 nitrogen and oxygen atoms in total. The highest BCUT2D eigenvalue weighted by atomic mass is 35.5. The first-order chi connectivity index (χ1) is 11.2. The van der Waals surface area contributed by atoms with Gasteiger partial charge in [-0.05, 0) is 35.4 Å². The molecule has 1 aliphatic rings. The minimum atomic E-state index is -0.334. The highest BCUT2D eigenvalue weighted by Gasteiger charge is 2.24. The van der Waals surface area contributed by atoms with Crippen LogP contribution in [0.5, 0.6) is 5.75 Å². The number of methoxy groups -OCH3 is 1. The first kappa shape index (κ1) is 16.2. The van der Waals surface area contributed by atoms with Gasteiger partial charge in [0.15, 0.2) is 11.6 Å². The minimum absolute atomic E-state index is 0.00905. The van der Waals surface area contributed by atoms with Crippen LogP contribution in [-0.2, 0) is 0 Å². The molecule has 3 rings (SSSR count). The van der Waals surface area contributed by atoms with Gasteiger partial charge >= 0.3 is 0 Å². The molecule has 0 radical (unpaired) electrons. The maximum absolute atomic E-state index is 14.2. The third-order valence-corrected chi connectivity index (χ3v) is 4.45. The second kappa shape index (κ2) is 7.30. The summed E-state index contributed by atoms with van der Waals surface area (Å²) >= 11 is 6.01. The van der Waals surface area contributed by atoms with E-state index in [9.17, 15) is 4.39 Å². The van der Waals surface area contributed by atoms with Crippen molar-refractivity contribution in [3.05, 3.63) is 64.4 Å². The Morgan fingerprint density at radius 1 is 1.09 bits per heavy atom. The zero-order chi connectivity index (χ0) is 16.2. The number of benzene rings is 2. The summed E-state index contributed by atoms with van der Waals surface area (Å²) in [6.07, 6.45) is 0. The molecular weight excluding hydrogens is 315 g/mol. The summed E-state index contributed by atoms with van der Waals surface area (Å²) in [6, 6.07) is 13.0. The second-order valence-corrected chi connectivity index (χ2v) is 6.07. The van der Waals surface area contributed by atoms with Crippen LogP contribution in [0.25, 0.3) is 0 Å². The Balaban J connectivity index is 2.00. The lowest BCUT2D eigenvalue weighted by atomic mass is 9.96. The number of halogens is 2. The van der Waals surface area contributed by atoms with E-state index in [0.717, 1.165) is 37.3 Å². The van der Waals surface area contributed by atoms with Gasteiger partial charge in [0.1, 0.15) is 0 Å². The third-order valence-electron chi connectivity index (χ3n) is 4.19. The Morgan fingerprint density at radius 2 is 1.74 bits per heavy atom. The van der Waals surface area contributed by atoms with Gasteiger partial charge in [0.05, 0.1) is 13.2 Å². The Bertz CT molecular complexity index is 657. The van der Waals surface area contributed by atoms with Gasteiger partial charge in [0.25, 0.3) is 0 Å².